The molecule has 0 bridgehead atoms. The van der Waals surface area contributed by atoms with Crippen molar-refractivity contribution in [1.29, 1.82) is 0 Å². The topological polar surface area (TPSA) is 137 Å². The lowest BCUT2D eigenvalue weighted by Gasteiger charge is -2.39. The van der Waals surface area contributed by atoms with Crippen LogP contribution in [0.1, 0.15) is 50.4 Å². The minimum Gasteiger partial charge on any atom is -0.478 e. The Morgan fingerprint density at radius 1 is 1.27 bits per heavy atom. The van der Waals surface area contributed by atoms with E-state index in [2.05, 4.69) is 36.1 Å². The summed E-state index contributed by atoms with van der Waals surface area (Å²) in [7, 11) is 0. The Kier molecular flexibility index (Phi) is 8.16. The SMILES string of the molecule is CC(C)C1C(C)CCCC1OCCNc1nc(Oc2ccc(C(=O)O)cn2)ccc1[N+](=O)[O-]. The molecule has 0 spiro atoms. The van der Waals surface area contributed by atoms with Gasteiger partial charge in [0, 0.05) is 30.9 Å². The number of hydrogen-bond acceptors (Lipinski definition) is 8. The van der Waals surface area contributed by atoms with Gasteiger partial charge in [-0.05, 0) is 30.2 Å². The van der Waals surface area contributed by atoms with Crippen LogP contribution in [-0.4, -0.2) is 45.2 Å². The van der Waals surface area contributed by atoms with Gasteiger partial charge in [0.2, 0.25) is 17.6 Å². The fourth-order valence-corrected chi connectivity index (χ4v) is 4.50. The molecule has 0 saturated heterocycles. The van der Waals surface area contributed by atoms with Gasteiger partial charge in [0.15, 0.2) is 0 Å². The maximum Gasteiger partial charge on any atom is 0.337 e. The molecule has 3 atom stereocenters. The molecule has 1 aliphatic rings. The zero-order valence-electron chi connectivity index (χ0n) is 19.1. The molecular formula is C23H30N4O6. The first kappa shape index (κ1) is 24.4. The number of nitrogens with one attached hydrogen (secondary N) is 1. The van der Waals surface area contributed by atoms with Crippen LogP contribution in [-0.2, 0) is 4.74 Å². The highest BCUT2D eigenvalue weighted by molar-refractivity contribution is 5.87. The van der Waals surface area contributed by atoms with Gasteiger partial charge in [-0.15, -0.1) is 0 Å². The lowest BCUT2D eigenvalue weighted by molar-refractivity contribution is -0.384. The molecule has 1 fully saturated rings. The Morgan fingerprint density at radius 2 is 2.03 bits per heavy atom. The number of aromatic carboxylic acids is 1. The van der Waals surface area contributed by atoms with Gasteiger partial charge in [0.05, 0.1) is 23.2 Å². The number of carbonyl (C=O) groups is 1. The van der Waals surface area contributed by atoms with Crippen LogP contribution in [0.5, 0.6) is 11.8 Å². The van der Waals surface area contributed by atoms with Gasteiger partial charge in [0.1, 0.15) is 0 Å². The third kappa shape index (κ3) is 6.38. The molecule has 0 amide bonds. The minimum atomic E-state index is -1.10. The summed E-state index contributed by atoms with van der Waals surface area (Å²) in [5.41, 5.74) is -0.156. The molecule has 0 radical (unpaired) electrons. The van der Waals surface area contributed by atoms with E-state index in [-0.39, 0.29) is 34.9 Å². The maximum atomic E-state index is 11.4. The summed E-state index contributed by atoms with van der Waals surface area (Å²) in [6, 6.07) is 5.41. The molecule has 10 heteroatoms. The first-order valence-electron chi connectivity index (χ1n) is 11.1. The van der Waals surface area contributed by atoms with Crippen LogP contribution < -0.4 is 10.1 Å². The van der Waals surface area contributed by atoms with Crippen LogP contribution in [0.4, 0.5) is 11.5 Å². The standard InChI is InChI=1S/C23H30N4O6/c1-14(2)21-15(3)5-4-6-18(21)32-12-11-24-22-17(27(30)31)8-10-20(26-22)33-19-9-7-16(13-25-19)23(28)29/h7-10,13-15,18,21H,4-6,11-12H2,1-3H3,(H,24,26)(H,28,29). The van der Waals surface area contributed by atoms with Gasteiger partial charge in [-0.1, -0.05) is 33.6 Å². The lowest BCUT2D eigenvalue weighted by atomic mass is 9.72. The first-order chi connectivity index (χ1) is 15.8. The molecule has 0 aromatic carbocycles. The summed E-state index contributed by atoms with van der Waals surface area (Å²) in [6.45, 7) is 7.50. The van der Waals surface area contributed by atoms with Crippen LogP contribution in [0, 0.1) is 27.9 Å². The average molecular weight is 459 g/mol. The van der Waals surface area contributed by atoms with Gasteiger partial charge < -0.3 is 19.9 Å². The summed E-state index contributed by atoms with van der Waals surface area (Å²) in [6.07, 6.45) is 4.75. The lowest BCUT2D eigenvalue weighted by Crippen LogP contribution is -2.37. The molecular weight excluding hydrogens is 428 g/mol. The molecule has 2 N–H and O–H groups in total. The Hall–Kier alpha value is -3.27. The van der Waals surface area contributed by atoms with E-state index in [9.17, 15) is 14.9 Å². The van der Waals surface area contributed by atoms with Crippen molar-refractivity contribution in [3.63, 3.8) is 0 Å². The quantitative estimate of drug-likeness (QED) is 0.293. The molecule has 2 heterocycles. The zero-order valence-corrected chi connectivity index (χ0v) is 19.1. The van der Waals surface area contributed by atoms with Crippen molar-refractivity contribution in [1.82, 2.24) is 9.97 Å². The average Bonchev–Trinajstić information content (AvgIpc) is 2.77. The number of carboxylic acids is 1. The second-order valence-corrected chi connectivity index (χ2v) is 8.63. The normalized spacial score (nSPS) is 20.4. The van der Waals surface area contributed by atoms with Gasteiger partial charge in [0.25, 0.3) is 0 Å². The highest BCUT2D eigenvalue weighted by Crippen LogP contribution is 2.36. The van der Waals surface area contributed by atoms with Gasteiger partial charge in [-0.3, -0.25) is 10.1 Å². The molecule has 1 aliphatic carbocycles. The van der Waals surface area contributed by atoms with E-state index in [1.54, 1.807) is 0 Å². The van der Waals surface area contributed by atoms with Crippen molar-refractivity contribution < 1.29 is 24.3 Å². The van der Waals surface area contributed by atoms with E-state index in [1.165, 1.54) is 30.7 Å². The summed E-state index contributed by atoms with van der Waals surface area (Å²) >= 11 is 0. The third-order valence-electron chi connectivity index (χ3n) is 5.97. The summed E-state index contributed by atoms with van der Waals surface area (Å²) in [5.74, 6) is 0.851. The highest BCUT2D eigenvalue weighted by atomic mass is 16.6. The van der Waals surface area contributed by atoms with Crippen LogP contribution in [0.3, 0.4) is 0 Å². The number of nitro groups is 1. The Bertz CT molecular complexity index is 966. The zero-order chi connectivity index (χ0) is 24.0. The van der Waals surface area contributed by atoms with Crippen molar-refractivity contribution in [2.24, 2.45) is 17.8 Å². The van der Waals surface area contributed by atoms with Crippen LogP contribution in [0.2, 0.25) is 0 Å². The number of hydrogen-bond donors (Lipinski definition) is 2. The van der Waals surface area contributed by atoms with Gasteiger partial charge in [-0.25, -0.2) is 9.78 Å². The number of pyridine rings is 2. The van der Waals surface area contributed by atoms with Crippen LogP contribution in [0.25, 0.3) is 0 Å². The largest absolute Gasteiger partial charge is 0.478 e. The number of rotatable bonds is 10. The van der Waals surface area contributed by atoms with Gasteiger partial charge >= 0.3 is 11.7 Å². The van der Waals surface area contributed by atoms with Crippen molar-refractivity contribution in [3.8, 4) is 11.8 Å². The van der Waals surface area contributed by atoms with Crippen molar-refractivity contribution >= 4 is 17.5 Å². The van der Waals surface area contributed by atoms with Crippen molar-refractivity contribution in [2.45, 2.75) is 46.1 Å². The van der Waals surface area contributed by atoms with E-state index < -0.39 is 10.9 Å². The number of ether oxygens (including phenoxy) is 2. The Morgan fingerprint density at radius 3 is 2.67 bits per heavy atom. The number of anilines is 1. The second-order valence-electron chi connectivity index (χ2n) is 8.63. The fraction of sp³-hybridized carbons (Fsp3) is 0.522. The highest BCUT2D eigenvalue weighted by Gasteiger charge is 2.33. The number of carboxylic acid groups (broad SMARTS) is 1. The van der Waals surface area contributed by atoms with Crippen LogP contribution in [0.15, 0.2) is 30.5 Å². The first-order valence-corrected chi connectivity index (χ1v) is 11.1. The molecule has 33 heavy (non-hydrogen) atoms. The van der Waals surface area contributed by atoms with E-state index in [1.807, 2.05) is 0 Å². The molecule has 2 aromatic rings. The maximum absolute atomic E-state index is 11.4. The summed E-state index contributed by atoms with van der Waals surface area (Å²) in [5, 5.41) is 23.3. The summed E-state index contributed by atoms with van der Waals surface area (Å²) in [4.78, 5) is 29.9. The van der Waals surface area contributed by atoms with E-state index in [0.29, 0.717) is 30.9 Å². The molecule has 0 aliphatic heterocycles. The number of aromatic nitrogens is 2. The molecule has 10 nitrogen and oxygen atoms in total. The Labute approximate surface area is 192 Å². The molecule has 3 unspecified atom stereocenters. The monoisotopic (exact) mass is 458 g/mol. The van der Waals surface area contributed by atoms with E-state index >= 15 is 0 Å². The van der Waals surface area contributed by atoms with Gasteiger partial charge in [-0.2, -0.15) is 4.98 Å². The van der Waals surface area contributed by atoms with E-state index in [4.69, 9.17) is 14.6 Å². The smallest absolute Gasteiger partial charge is 0.337 e. The predicted molar refractivity (Wildman–Crippen MR) is 122 cm³/mol. The number of nitrogens with zero attached hydrogens (tertiary/aromatic N) is 3. The molecule has 2 aromatic heterocycles. The predicted octanol–water partition coefficient (Wildman–Crippen LogP) is 4.76. The summed E-state index contributed by atoms with van der Waals surface area (Å²) < 4.78 is 11.7. The second kappa shape index (κ2) is 11.0. The third-order valence-corrected chi connectivity index (χ3v) is 5.97. The molecule has 3 rings (SSSR count). The van der Waals surface area contributed by atoms with E-state index in [0.717, 1.165) is 19.0 Å². The van der Waals surface area contributed by atoms with Crippen molar-refractivity contribution in [2.75, 3.05) is 18.5 Å². The van der Waals surface area contributed by atoms with Crippen molar-refractivity contribution in [3.05, 3.63) is 46.1 Å². The molecule has 178 valence electrons. The van der Waals surface area contributed by atoms with Crippen LogP contribution >= 0.6 is 0 Å². The fourth-order valence-electron chi connectivity index (χ4n) is 4.50. The Balaban J connectivity index is 1.62. The minimum absolute atomic E-state index is 0.0217. The molecule has 1 saturated carbocycles.